The maximum atomic E-state index is 13.3. The molecule has 0 aliphatic carbocycles. The van der Waals surface area contributed by atoms with E-state index in [2.05, 4.69) is 10.3 Å². The minimum absolute atomic E-state index is 0.167. The number of nitrogens with zero attached hydrogens (tertiary/aromatic N) is 3. The van der Waals surface area contributed by atoms with Gasteiger partial charge in [0.05, 0.1) is 11.3 Å². The number of alkyl halides is 3. The van der Waals surface area contributed by atoms with Crippen LogP contribution in [0.2, 0.25) is 0 Å². The van der Waals surface area contributed by atoms with E-state index in [1.807, 2.05) is 0 Å². The van der Waals surface area contributed by atoms with Gasteiger partial charge in [-0.1, -0.05) is 17.3 Å². The van der Waals surface area contributed by atoms with Crippen LogP contribution in [0.15, 0.2) is 48.5 Å². The first-order valence-electron chi connectivity index (χ1n) is 6.90. The lowest BCUT2D eigenvalue weighted by Crippen LogP contribution is -2.12. The Labute approximate surface area is 138 Å². The number of hydrogen-bond donors (Lipinski definition) is 1. The number of aromatic carboxylic acids is 1. The first-order valence-corrected chi connectivity index (χ1v) is 6.90. The summed E-state index contributed by atoms with van der Waals surface area (Å²) in [6, 6.07) is 9.18. The van der Waals surface area contributed by atoms with Crippen molar-refractivity contribution in [3.8, 4) is 16.9 Å². The zero-order valence-corrected chi connectivity index (χ0v) is 12.3. The van der Waals surface area contributed by atoms with Crippen LogP contribution in [0.3, 0.4) is 0 Å². The summed E-state index contributed by atoms with van der Waals surface area (Å²) in [5, 5.41) is 16.3. The Morgan fingerprint density at radius 1 is 1.04 bits per heavy atom. The second kappa shape index (κ2) is 6.00. The van der Waals surface area contributed by atoms with Gasteiger partial charge in [-0.15, -0.1) is 5.10 Å². The van der Waals surface area contributed by atoms with Gasteiger partial charge >= 0.3 is 12.1 Å². The molecule has 0 bridgehead atoms. The summed E-state index contributed by atoms with van der Waals surface area (Å²) in [6.07, 6.45) is -4.67. The van der Waals surface area contributed by atoms with Crippen LogP contribution >= 0.6 is 0 Å². The maximum absolute atomic E-state index is 13.3. The van der Waals surface area contributed by atoms with E-state index in [0.29, 0.717) is 0 Å². The Kier molecular flexibility index (Phi) is 3.99. The number of para-hydroxylation sites is 1. The van der Waals surface area contributed by atoms with E-state index in [1.165, 1.54) is 24.3 Å². The molecule has 0 aliphatic rings. The lowest BCUT2D eigenvalue weighted by molar-refractivity contribution is -0.137. The van der Waals surface area contributed by atoms with Crippen LogP contribution in [0, 0.1) is 5.82 Å². The van der Waals surface area contributed by atoms with Gasteiger partial charge in [-0.2, -0.15) is 13.2 Å². The standard InChI is InChI=1S/C16H9F4N3O2/c17-10-7-5-9(6-8-10)14-13(15(24)25)21-22-23(14)12-4-2-1-3-11(12)16(18,19)20/h1-8H,(H,24,25). The number of carboxylic acid groups (broad SMARTS) is 1. The topological polar surface area (TPSA) is 68.0 Å². The largest absolute Gasteiger partial charge is 0.476 e. The van der Waals surface area contributed by atoms with E-state index < -0.39 is 29.2 Å². The molecule has 0 unspecified atom stereocenters. The van der Waals surface area contributed by atoms with Crippen LogP contribution in [0.25, 0.3) is 16.9 Å². The number of aromatic nitrogens is 3. The van der Waals surface area contributed by atoms with Crippen LogP contribution < -0.4 is 0 Å². The molecule has 0 atom stereocenters. The second-order valence-corrected chi connectivity index (χ2v) is 5.03. The van der Waals surface area contributed by atoms with Crippen molar-refractivity contribution in [2.45, 2.75) is 6.18 Å². The first-order chi connectivity index (χ1) is 11.8. The number of rotatable bonds is 3. The first kappa shape index (κ1) is 16.6. The highest BCUT2D eigenvalue weighted by atomic mass is 19.4. The average Bonchev–Trinajstić information content (AvgIpc) is 3.00. The average molecular weight is 351 g/mol. The predicted molar refractivity (Wildman–Crippen MR) is 78.7 cm³/mol. The highest BCUT2D eigenvalue weighted by molar-refractivity contribution is 5.93. The van der Waals surface area contributed by atoms with E-state index in [9.17, 15) is 27.5 Å². The minimum atomic E-state index is -4.67. The number of carboxylic acids is 1. The van der Waals surface area contributed by atoms with Crippen LogP contribution in [0.4, 0.5) is 17.6 Å². The number of hydrogen-bond acceptors (Lipinski definition) is 3. The summed E-state index contributed by atoms with van der Waals surface area (Å²) in [5.74, 6) is -2.04. The summed E-state index contributed by atoms with van der Waals surface area (Å²) >= 11 is 0. The van der Waals surface area contributed by atoms with E-state index in [-0.39, 0.29) is 16.9 Å². The zero-order chi connectivity index (χ0) is 18.2. The Bertz CT molecular complexity index is 933. The lowest BCUT2D eigenvalue weighted by atomic mass is 10.1. The Balaban J connectivity index is 2.29. The fourth-order valence-electron chi connectivity index (χ4n) is 2.36. The smallest absolute Gasteiger partial charge is 0.418 e. The van der Waals surface area contributed by atoms with Gasteiger partial charge in [0.2, 0.25) is 0 Å². The van der Waals surface area contributed by atoms with Crippen LogP contribution in [-0.4, -0.2) is 26.1 Å². The molecule has 128 valence electrons. The van der Waals surface area contributed by atoms with Crippen molar-refractivity contribution in [1.29, 1.82) is 0 Å². The summed E-state index contributed by atoms with van der Waals surface area (Å²) in [6.45, 7) is 0. The van der Waals surface area contributed by atoms with Gasteiger partial charge < -0.3 is 5.11 Å². The fraction of sp³-hybridized carbons (Fsp3) is 0.0625. The highest BCUT2D eigenvalue weighted by Gasteiger charge is 2.35. The SMILES string of the molecule is O=C(O)c1nnn(-c2ccccc2C(F)(F)F)c1-c1ccc(F)cc1. The molecule has 0 amide bonds. The van der Waals surface area contributed by atoms with Crippen LogP contribution in [-0.2, 0) is 6.18 Å². The molecular weight excluding hydrogens is 342 g/mol. The van der Waals surface area contributed by atoms with Crippen LogP contribution in [0.5, 0.6) is 0 Å². The maximum Gasteiger partial charge on any atom is 0.418 e. The second-order valence-electron chi connectivity index (χ2n) is 5.03. The van der Waals surface area contributed by atoms with Gasteiger partial charge in [0.15, 0.2) is 5.69 Å². The molecule has 0 saturated heterocycles. The van der Waals surface area contributed by atoms with Crippen molar-refractivity contribution in [1.82, 2.24) is 15.0 Å². The predicted octanol–water partition coefficient (Wildman–Crippen LogP) is 3.79. The quantitative estimate of drug-likeness (QED) is 0.729. The third-order valence-electron chi connectivity index (χ3n) is 3.43. The molecule has 0 spiro atoms. The minimum Gasteiger partial charge on any atom is -0.476 e. The molecular formula is C16H9F4N3O2. The van der Waals surface area contributed by atoms with Crippen molar-refractivity contribution in [2.75, 3.05) is 0 Å². The number of carbonyl (C=O) groups is 1. The summed E-state index contributed by atoms with van der Waals surface area (Å²) in [4.78, 5) is 11.4. The zero-order valence-electron chi connectivity index (χ0n) is 12.3. The summed E-state index contributed by atoms with van der Waals surface area (Å²) in [5.41, 5.74) is -1.93. The normalized spacial score (nSPS) is 11.5. The van der Waals surface area contributed by atoms with Gasteiger partial charge in [-0.25, -0.2) is 13.9 Å². The molecule has 1 heterocycles. The number of benzene rings is 2. The van der Waals surface area contributed by atoms with Gasteiger partial charge in [-0.05, 0) is 36.4 Å². The van der Waals surface area contributed by atoms with Gasteiger partial charge in [0.25, 0.3) is 0 Å². The van der Waals surface area contributed by atoms with Crippen molar-refractivity contribution >= 4 is 5.97 Å². The molecule has 1 N–H and O–H groups in total. The monoisotopic (exact) mass is 351 g/mol. The third-order valence-corrected chi connectivity index (χ3v) is 3.43. The van der Waals surface area contributed by atoms with Crippen LogP contribution in [0.1, 0.15) is 16.1 Å². The molecule has 1 aromatic heterocycles. The molecule has 25 heavy (non-hydrogen) atoms. The van der Waals surface area contributed by atoms with Crippen molar-refractivity contribution in [3.63, 3.8) is 0 Å². The van der Waals surface area contributed by atoms with Gasteiger partial charge in [-0.3, -0.25) is 0 Å². The molecule has 5 nitrogen and oxygen atoms in total. The Morgan fingerprint density at radius 3 is 2.28 bits per heavy atom. The highest BCUT2D eigenvalue weighted by Crippen LogP contribution is 2.35. The van der Waals surface area contributed by atoms with E-state index in [4.69, 9.17) is 0 Å². The third kappa shape index (κ3) is 3.08. The molecule has 3 rings (SSSR count). The Hall–Kier alpha value is -3.23. The van der Waals surface area contributed by atoms with E-state index in [0.717, 1.165) is 28.9 Å². The van der Waals surface area contributed by atoms with Crippen molar-refractivity contribution in [3.05, 3.63) is 65.6 Å². The summed E-state index contributed by atoms with van der Waals surface area (Å²) < 4.78 is 53.7. The fourth-order valence-corrected chi connectivity index (χ4v) is 2.36. The molecule has 0 radical (unpaired) electrons. The molecule has 0 aliphatic heterocycles. The van der Waals surface area contributed by atoms with Gasteiger partial charge in [0.1, 0.15) is 11.5 Å². The van der Waals surface area contributed by atoms with Gasteiger partial charge in [0, 0.05) is 5.56 Å². The molecule has 9 heteroatoms. The lowest BCUT2D eigenvalue weighted by Gasteiger charge is -2.14. The molecule has 2 aromatic carbocycles. The number of halogens is 4. The van der Waals surface area contributed by atoms with Crippen molar-refractivity contribution < 1.29 is 27.5 Å². The van der Waals surface area contributed by atoms with E-state index >= 15 is 0 Å². The summed E-state index contributed by atoms with van der Waals surface area (Å²) in [7, 11) is 0. The molecule has 0 fully saturated rings. The van der Waals surface area contributed by atoms with E-state index in [1.54, 1.807) is 0 Å². The molecule has 0 saturated carbocycles. The Morgan fingerprint density at radius 2 is 1.68 bits per heavy atom. The van der Waals surface area contributed by atoms with Crippen molar-refractivity contribution in [2.24, 2.45) is 0 Å². The molecule has 3 aromatic rings.